The predicted molar refractivity (Wildman–Crippen MR) is 80.4 cm³/mol. The third-order valence-corrected chi connectivity index (χ3v) is 4.47. The standard InChI is InChI=1S/C16H10F17N/c1-34(2)8-5-3-7(4-6-8)9(17,18)10(19,20)11(21,22)12(23,24)13(25,26)14(27,28)15(29,30)16(31,32)33/h3-6H,1-2H3. The summed E-state index contributed by atoms with van der Waals surface area (Å²) in [7, 11) is 2.52. The SMILES string of the molecule is CN(C)c1ccc(C(F)(F)C(F)(F)C(F)(F)C(F)(F)C(F)(F)C(F)(F)C(F)(F)C(F)(F)F)cc1. The van der Waals surface area contributed by atoms with Gasteiger partial charge in [-0.3, -0.25) is 0 Å². The van der Waals surface area contributed by atoms with Crippen LogP contribution in [-0.2, 0) is 5.92 Å². The summed E-state index contributed by atoms with van der Waals surface area (Å²) in [5.74, 6) is -56.5. The summed E-state index contributed by atoms with van der Waals surface area (Å²) in [6.45, 7) is 0. The zero-order valence-corrected chi connectivity index (χ0v) is 16.2. The zero-order valence-electron chi connectivity index (χ0n) is 16.2. The summed E-state index contributed by atoms with van der Waals surface area (Å²) in [5, 5.41) is 0. The molecule has 1 nitrogen and oxygen atoms in total. The fraction of sp³-hybridized carbons (Fsp3) is 0.625. The van der Waals surface area contributed by atoms with Gasteiger partial charge in [-0.25, -0.2) is 0 Å². The second-order valence-electron chi connectivity index (χ2n) is 6.96. The van der Waals surface area contributed by atoms with Gasteiger partial charge in [-0.05, 0) is 12.1 Å². The molecule has 0 N–H and O–H groups in total. The van der Waals surface area contributed by atoms with E-state index >= 15 is 0 Å². The largest absolute Gasteiger partial charge is 0.460 e. The number of hydrogen-bond acceptors (Lipinski definition) is 1. The molecule has 0 spiro atoms. The molecule has 0 fully saturated rings. The summed E-state index contributed by atoms with van der Waals surface area (Å²) < 4.78 is 225. The van der Waals surface area contributed by atoms with E-state index < -0.39 is 53.2 Å². The minimum Gasteiger partial charge on any atom is -0.378 e. The van der Waals surface area contributed by atoms with Crippen molar-refractivity contribution in [3.05, 3.63) is 29.8 Å². The third kappa shape index (κ3) is 3.79. The summed E-state index contributed by atoms with van der Waals surface area (Å²) >= 11 is 0. The molecule has 0 aliphatic heterocycles. The minimum absolute atomic E-state index is 0.0674. The molecule has 34 heavy (non-hydrogen) atoms. The van der Waals surface area contributed by atoms with Crippen LogP contribution in [0.4, 0.5) is 80.3 Å². The maximum atomic E-state index is 14.1. The highest BCUT2D eigenvalue weighted by molar-refractivity contribution is 5.47. The Kier molecular flexibility index (Phi) is 6.96. The van der Waals surface area contributed by atoms with Crippen LogP contribution in [0.3, 0.4) is 0 Å². The van der Waals surface area contributed by atoms with E-state index in [1.165, 1.54) is 14.1 Å². The van der Waals surface area contributed by atoms with Gasteiger partial charge in [0, 0.05) is 25.3 Å². The van der Waals surface area contributed by atoms with E-state index in [0.29, 0.717) is 12.1 Å². The normalized spacial score (nSPS) is 15.5. The molecule has 1 aromatic carbocycles. The molecule has 1 aromatic rings. The molecule has 0 atom stereocenters. The van der Waals surface area contributed by atoms with Gasteiger partial charge in [0.05, 0.1) is 0 Å². The molecular weight excluding hydrogens is 529 g/mol. The van der Waals surface area contributed by atoms with Gasteiger partial charge in [-0.1, -0.05) is 12.1 Å². The Hall–Kier alpha value is -2.17. The molecule has 0 unspecified atom stereocenters. The van der Waals surface area contributed by atoms with Crippen molar-refractivity contribution in [2.75, 3.05) is 19.0 Å². The molecule has 18 heteroatoms. The van der Waals surface area contributed by atoms with E-state index in [-0.39, 0.29) is 17.8 Å². The van der Waals surface area contributed by atoms with Gasteiger partial charge in [0.15, 0.2) is 0 Å². The molecule has 0 amide bonds. The van der Waals surface area contributed by atoms with Crippen molar-refractivity contribution < 1.29 is 74.6 Å². The minimum atomic E-state index is -8.63. The van der Waals surface area contributed by atoms with Gasteiger partial charge in [0.25, 0.3) is 0 Å². The Balaban J connectivity index is 3.68. The number of rotatable bonds is 8. The predicted octanol–water partition coefficient (Wildman–Crippen LogP) is 7.22. The highest BCUT2D eigenvalue weighted by atomic mass is 19.4. The monoisotopic (exact) mass is 539 g/mol. The first-order chi connectivity index (χ1) is 14.7. The highest BCUT2D eigenvalue weighted by Gasteiger charge is 2.95. The number of hydrogen-bond donors (Lipinski definition) is 0. The topological polar surface area (TPSA) is 3.24 Å². The smallest absolute Gasteiger partial charge is 0.378 e. The molecule has 198 valence electrons. The van der Waals surface area contributed by atoms with E-state index in [9.17, 15) is 74.6 Å². The number of alkyl halides is 17. The van der Waals surface area contributed by atoms with Gasteiger partial charge < -0.3 is 4.90 Å². The Labute approximate surface area is 178 Å². The molecule has 1 rings (SSSR count). The van der Waals surface area contributed by atoms with Crippen LogP contribution in [0.15, 0.2) is 24.3 Å². The zero-order chi connectivity index (χ0) is 27.6. The van der Waals surface area contributed by atoms with Crippen LogP contribution in [-0.4, -0.2) is 55.8 Å². The van der Waals surface area contributed by atoms with Crippen LogP contribution in [0.2, 0.25) is 0 Å². The maximum absolute atomic E-state index is 14.1. The summed E-state index contributed by atoms with van der Waals surface area (Å²) in [6.07, 6.45) is -7.77. The van der Waals surface area contributed by atoms with Gasteiger partial charge in [-0.2, -0.15) is 74.6 Å². The van der Waals surface area contributed by atoms with Crippen LogP contribution < -0.4 is 4.90 Å². The second kappa shape index (κ2) is 7.93. The average Bonchev–Trinajstić information content (AvgIpc) is 2.66. The molecule has 0 bridgehead atoms. The lowest BCUT2D eigenvalue weighted by Gasteiger charge is -2.42. The number of anilines is 1. The second-order valence-corrected chi connectivity index (χ2v) is 6.96. The molecular formula is C16H10F17N. The Morgan fingerprint density at radius 3 is 1.03 bits per heavy atom. The van der Waals surface area contributed by atoms with Crippen molar-refractivity contribution in [1.82, 2.24) is 0 Å². The van der Waals surface area contributed by atoms with Crippen LogP contribution >= 0.6 is 0 Å². The molecule has 0 heterocycles. The van der Waals surface area contributed by atoms with E-state index in [1.54, 1.807) is 0 Å². The fourth-order valence-corrected chi connectivity index (χ4v) is 2.31. The molecule has 0 aromatic heterocycles. The Morgan fingerprint density at radius 2 is 0.735 bits per heavy atom. The van der Waals surface area contributed by atoms with Crippen molar-refractivity contribution >= 4 is 5.69 Å². The van der Waals surface area contributed by atoms with E-state index in [2.05, 4.69) is 0 Å². The van der Waals surface area contributed by atoms with Gasteiger partial charge in [-0.15, -0.1) is 0 Å². The quantitative estimate of drug-likeness (QED) is 0.316. The Bertz CT molecular complexity index is 867. The van der Waals surface area contributed by atoms with Gasteiger partial charge in [0.2, 0.25) is 0 Å². The average molecular weight is 539 g/mol. The fourth-order valence-electron chi connectivity index (χ4n) is 2.31. The number of halogens is 17. The van der Waals surface area contributed by atoms with E-state index in [4.69, 9.17) is 0 Å². The van der Waals surface area contributed by atoms with Crippen LogP contribution in [0.1, 0.15) is 5.56 Å². The van der Waals surface area contributed by atoms with Gasteiger partial charge in [0.1, 0.15) is 0 Å². The van der Waals surface area contributed by atoms with Crippen molar-refractivity contribution in [3.8, 4) is 0 Å². The van der Waals surface area contributed by atoms with E-state index in [0.717, 1.165) is 4.90 Å². The molecule has 0 aliphatic rings. The molecule has 0 aliphatic carbocycles. The van der Waals surface area contributed by atoms with Crippen molar-refractivity contribution in [3.63, 3.8) is 0 Å². The van der Waals surface area contributed by atoms with Crippen LogP contribution in [0, 0.1) is 0 Å². The molecule has 0 saturated heterocycles. The number of benzene rings is 1. The summed E-state index contributed by atoms with van der Waals surface area (Å²) in [4.78, 5) is 1.13. The van der Waals surface area contributed by atoms with Crippen LogP contribution in [0.25, 0.3) is 0 Å². The molecule has 0 radical (unpaired) electrons. The van der Waals surface area contributed by atoms with E-state index in [1.807, 2.05) is 0 Å². The van der Waals surface area contributed by atoms with Crippen molar-refractivity contribution in [1.29, 1.82) is 0 Å². The summed E-state index contributed by atoms with van der Waals surface area (Å²) in [5.41, 5.74) is -2.31. The summed E-state index contributed by atoms with van der Waals surface area (Å²) in [6, 6.07) is 0.925. The number of nitrogens with zero attached hydrogens (tertiary/aromatic N) is 1. The Morgan fingerprint density at radius 1 is 0.441 bits per heavy atom. The first-order valence-corrected chi connectivity index (χ1v) is 8.15. The highest BCUT2D eigenvalue weighted by Crippen LogP contribution is 2.65. The lowest BCUT2D eigenvalue weighted by molar-refractivity contribution is -0.462. The first kappa shape index (κ1) is 29.9. The lowest BCUT2D eigenvalue weighted by Crippen LogP contribution is -2.74. The molecule has 0 saturated carbocycles. The first-order valence-electron chi connectivity index (χ1n) is 8.15. The van der Waals surface area contributed by atoms with Gasteiger partial charge >= 0.3 is 47.6 Å². The maximum Gasteiger partial charge on any atom is 0.460 e. The van der Waals surface area contributed by atoms with Crippen molar-refractivity contribution in [2.45, 2.75) is 47.6 Å². The van der Waals surface area contributed by atoms with Crippen molar-refractivity contribution in [2.24, 2.45) is 0 Å². The lowest BCUT2D eigenvalue weighted by atomic mass is 9.87. The third-order valence-electron chi connectivity index (χ3n) is 4.47. The van der Waals surface area contributed by atoms with Crippen LogP contribution in [0.5, 0.6) is 0 Å².